The molecule has 7 heteroatoms. The summed E-state index contributed by atoms with van der Waals surface area (Å²) in [5.74, 6) is -0.800. The van der Waals surface area contributed by atoms with Crippen LogP contribution in [0.5, 0.6) is 5.75 Å². The highest BCUT2D eigenvalue weighted by molar-refractivity contribution is 5.78. The molecule has 1 amide bonds. The number of nitrogens with zero attached hydrogens (tertiary/aromatic N) is 1. The monoisotopic (exact) mass is 351 g/mol. The quantitative estimate of drug-likeness (QED) is 0.840. The molecule has 25 heavy (non-hydrogen) atoms. The second kappa shape index (κ2) is 7.31. The van der Waals surface area contributed by atoms with Gasteiger partial charge < -0.3 is 19.3 Å². The Morgan fingerprint density at radius 3 is 2.24 bits per heavy atom. The summed E-state index contributed by atoms with van der Waals surface area (Å²) in [5, 5.41) is 10.4. The predicted molar refractivity (Wildman–Crippen MR) is 90.2 cm³/mol. The van der Waals surface area contributed by atoms with Crippen LogP contribution in [0.2, 0.25) is 0 Å². The minimum Gasteiger partial charge on any atom is -0.497 e. The van der Waals surface area contributed by atoms with Gasteiger partial charge in [-0.1, -0.05) is 12.1 Å². The number of ether oxygens (including phenoxy) is 3. The Balaban J connectivity index is 2.39. The predicted octanol–water partition coefficient (Wildman–Crippen LogP) is 2.14. The van der Waals surface area contributed by atoms with E-state index >= 15 is 0 Å². The number of carbonyl (C=O) groups is 2. The second-order valence-electron chi connectivity index (χ2n) is 6.97. The van der Waals surface area contributed by atoms with Crippen molar-refractivity contribution in [1.29, 1.82) is 0 Å². The van der Waals surface area contributed by atoms with Crippen molar-refractivity contribution in [1.82, 2.24) is 4.90 Å². The van der Waals surface area contributed by atoms with E-state index < -0.39 is 35.7 Å². The fourth-order valence-corrected chi connectivity index (χ4v) is 2.95. The zero-order chi connectivity index (χ0) is 18.8. The van der Waals surface area contributed by atoms with Crippen molar-refractivity contribution in [2.45, 2.75) is 38.5 Å². The zero-order valence-electron chi connectivity index (χ0n) is 15.2. The zero-order valence-corrected chi connectivity index (χ0v) is 15.2. The lowest BCUT2D eigenvalue weighted by Gasteiger charge is -2.30. The van der Waals surface area contributed by atoms with Gasteiger partial charge in [-0.3, -0.25) is 9.69 Å². The molecule has 3 atom stereocenters. The Kier molecular flexibility index (Phi) is 5.57. The van der Waals surface area contributed by atoms with Crippen LogP contribution in [0.4, 0.5) is 4.79 Å². The average Bonchev–Trinajstić information content (AvgIpc) is 2.90. The highest BCUT2D eigenvalue weighted by Crippen LogP contribution is 2.39. The summed E-state index contributed by atoms with van der Waals surface area (Å²) in [7, 11) is 2.81. The number of hydrogen-bond acceptors (Lipinski definition) is 6. The van der Waals surface area contributed by atoms with Crippen LogP contribution in [-0.2, 0) is 14.3 Å². The molecule has 2 rings (SSSR count). The maximum atomic E-state index is 12.6. The molecule has 7 nitrogen and oxygen atoms in total. The minimum atomic E-state index is -1.04. The number of hydrogen-bond donors (Lipinski definition) is 1. The van der Waals surface area contributed by atoms with Crippen LogP contribution < -0.4 is 4.74 Å². The molecular weight excluding hydrogens is 326 g/mol. The fourth-order valence-electron chi connectivity index (χ4n) is 2.95. The van der Waals surface area contributed by atoms with E-state index in [9.17, 15) is 14.7 Å². The van der Waals surface area contributed by atoms with E-state index in [0.717, 1.165) is 0 Å². The molecule has 1 saturated heterocycles. The number of methoxy groups -OCH3 is 2. The molecule has 0 aromatic heterocycles. The molecular formula is C18H25NO6. The van der Waals surface area contributed by atoms with Gasteiger partial charge in [0, 0.05) is 0 Å². The third-order valence-corrected chi connectivity index (χ3v) is 4.03. The van der Waals surface area contributed by atoms with Crippen LogP contribution >= 0.6 is 0 Å². The number of benzene rings is 1. The second-order valence-corrected chi connectivity index (χ2v) is 6.97. The lowest BCUT2D eigenvalue weighted by Crippen LogP contribution is -2.38. The molecule has 0 bridgehead atoms. The van der Waals surface area contributed by atoms with Gasteiger partial charge in [0.05, 0.1) is 32.9 Å². The van der Waals surface area contributed by atoms with E-state index in [1.807, 2.05) is 0 Å². The Morgan fingerprint density at radius 1 is 1.16 bits per heavy atom. The number of carbonyl (C=O) groups excluding carboxylic acids is 2. The number of β-amino-alcohol motifs (C(OH)–C–C–N with tert-alkyl or cyclic N) is 1. The minimum absolute atomic E-state index is 0.00856. The molecule has 1 aliphatic heterocycles. The van der Waals surface area contributed by atoms with Gasteiger partial charge in [-0.05, 0) is 38.5 Å². The van der Waals surface area contributed by atoms with E-state index in [4.69, 9.17) is 14.2 Å². The molecule has 0 spiro atoms. The molecule has 1 heterocycles. The Bertz CT molecular complexity index is 621. The van der Waals surface area contributed by atoms with Gasteiger partial charge in [-0.2, -0.15) is 0 Å². The lowest BCUT2D eigenvalue weighted by molar-refractivity contribution is -0.149. The summed E-state index contributed by atoms with van der Waals surface area (Å²) < 4.78 is 15.4. The summed E-state index contributed by atoms with van der Waals surface area (Å²) in [4.78, 5) is 26.2. The van der Waals surface area contributed by atoms with Crippen molar-refractivity contribution in [2.24, 2.45) is 5.92 Å². The number of rotatable bonds is 3. The molecule has 0 aliphatic carbocycles. The first-order chi connectivity index (χ1) is 11.7. The normalized spacial score (nSPS) is 23.3. The molecule has 1 aliphatic rings. The first kappa shape index (κ1) is 19.1. The fraction of sp³-hybridized carbons (Fsp3) is 0.556. The molecule has 0 radical (unpaired) electrons. The van der Waals surface area contributed by atoms with Gasteiger partial charge in [0.25, 0.3) is 0 Å². The van der Waals surface area contributed by atoms with Gasteiger partial charge in [-0.25, -0.2) is 4.79 Å². The Hall–Kier alpha value is -2.28. The summed E-state index contributed by atoms with van der Waals surface area (Å²) >= 11 is 0. The number of esters is 1. The molecule has 1 aromatic rings. The van der Waals surface area contributed by atoms with E-state index in [2.05, 4.69) is 0 Å². The van der Waals surface area contributed by atoms with Crippen LogP contribution in [0, 0.1) is 5.92 Å². The maximum Gasteiger partial charge on any atom is 0.410 e. The highest BCUT2D eigenvalue weighted by atomic mass is 16.6. The summed E-state index contributed by atoms with van der Waals surface area (Å²) in [6.45, 7) is 5.28. The van der Waals surface area contributed by atoms with Crippen molar-refractivity contribution >= 4 is 12.1 Å². The standard InChI is InChI=1S/C18H25NO6/c1-18(2,3)25-17(22)19-10-13(20)14(16(21)24-5)15(19)11-6-8-12(23-4)9-7-11/h6-9,13-15,20H,10H2,1-5H3/t13-,14-,15-/m0/s1. The molecule has 138 valence electrons. The Labute approximate surface area is 147 Å². The topological polar surface area (TPSA) is 85.3 Å². The van der Waals surface area contributed by atoms with Gasteiger partial charge in [0.15, 0.2) is 0 Å². The van der Waals surface area contributed by atoms with E-state index in [1.54, 1.807) is 52.1 Å². The highest BCUT2D eigenvalue weighted by Gasteiger charge is 2.49. The van der Waals surface area contributed by atoms with E-state index in [-0.39, 0.29) is 6.54 Å². The third-order valence-electron chi connectivity index (χ3n) is 4.03. The van der Waals surface area contributed by atoms with Gasteiger partial charge in [-0.15, -0.1) is 0 Å². The van der Waals surface area contributed by atoms with Crippen LogP contribution in [0.3, 0.4) is 0 Å². The van der Waals surface area contributed by atoms with Crippen molar-refractivity contribution in [3.63, 3.8) is 0 Å². The van der Waals surface area contributed by atoms with Crippen molar-refractivity contribution in [3.05, 3.63) is 29.8 Å². The van der Waals surface area contributed by atoms with Gasteiger partial charge >= 0.3 is 12.1 Å². The smallest absolute Gasteiger partial charge is 0.410 e. The summed E-state index contributed by atoms with van der Waals surface area (Å²) in [5.41, 5.74) is 0.00848. The molecule has 1 aromatic carbocycles. The number of aliphatic hydroxyl groups excluding tert-OH is 1. The van der Waals surface area contributed by atoms with Crippen molar-refractivity contribution < 1.29 is 28.9 Å². The average molecular weight is 351 g/mol. The molecule has 0 unspecified atom stereocenters. The lowest BCUT2D eigenvalue weighted by atomic mass is 9.92. The summed E-state index contributed by atoms with van der Waals surface area (Å²) in [6, 6.07) is 6.32. The van der Waals surface area contributed by atoms with Crippen LogP contribution in [0.1, 0.15) is 32.4 Å². The van der Waals surface area contributed by atoms with Crippen LogP contribution in [0.15, 0.2) is 24.3 Å². The van der Waals surface area contributed by atoms with Gasteiger partial charge in [0.2, 0.25) is 0 Å². The van der Waals surface area contributed by atoms with Crippen LogP contribution in [-0.4, -0.2) is 54.5 Å². The Morgan fingerprint density at radius 2 is 1.76 bits per heavy atom. The van der Waals surface area contributed by atoms with E-state index in [0.29, 0.717) is 11.3 Å². The SMILES string of the molecule is COC(=O)[C@H]1[C@@H](O)CN(C(=O)OC(C)(C)C)[C@H]1c1ccc(OC)cc1. The first-order valence-electron chi connectivity index (χ1n) is 8.07. The maximum absolute atomic E-state index is 12.6. The number of amides is 1. The van der Waals surface area contributed by atoms with E-state index in [1.165, 1.54) is 12.0 Å². The molecule has 0 saturated carbocycles. The van der Waals surface area contributed by atoms with Crippen molar-refractivity contribution in [3.8, 4) is 5.75 Å². The van der Waals surface area contributed by atoms with Gasteiger partial charge in [0.1, 0.15) is 17.3 Å². The number of aliphatic hydroxyl groups is 1. The number of likely N-dealkylation sites (tertiary alicyclic amines) is 1. The molecule has 1 fully saturated rings. The van der Waals surface area contributed by atoms with Crippen molar-refractivity contribution in [2.75, 3.05) is 20.8 Å². The molecule has 1 N–H and O–H groups in total. The van der Waals surface area contributed by atoms with Crippen LogP contribution in [0.25, 0.3) is 0 Å². The first-order valence-corrected chi connectivity index (χ1v) is 8.07. The third kappa shape index (κ3) is 4.22. The summed E-state index contributed by atoms with van der Waals surface area (Å²) in [6.07, 6.45) is -1.62. The largest absolute Gasteiger partial charge is 0.497 e.